The van der Waals surface area contributed by atoms with Crippen LogP contribution in [0.15, 0.2) is 72.6 Å². The van der Waals surface area contributed by atoms with Crippen LogP contribution in [0.5, 0.6) is 5.75 Å². The van der Waals surface area contributed by atoms with Crippen LogP contribution >= 0.6 is 11.6 Å². The summed E-state index contributed by atoms with van der Waals surface area (Å²) in [5.74, 6) is -2.49. The molecule has 2 aromatic carbocycles. The molecule has 0 radical (unpaired) electrons. The van der Waals surface area contributed by atoms with Crippen LogP contribution < -0.4 is 9.64 Å². The zero-order valence-electron chi connectivity index (χ0n) is 16.3. The average molecular weight is 439 g/mol. The quantitative estimate of drug-likeness (QED) is 0.368. The van der Waals surface area contributed by atoms with Crippen molar-refractivity contribution >= 4 is 34.7 Å². The number of anilines is 1. The zero-order chi connectivity index (χ0) is 22.1. The predicted octanol–water partition coefficient (Wildman–Crippen LogP) is 4.51. The van der Waals surface area contributed by atoms with Crippen molar-refractivity contribution in [2.24, 2.45) is 0 Å². The van der Waals surface area contributed by atoms with Gasteiger partial charge in [-0.15, -0.1) is 0 Å². The topological polar surface area (TPSA) is 79.7 Å². The molecule has 0 saturated carbocycles. The molecule has 0 aliphatic carbocycles. The van der Waals surface area contributed by atoms with Crippen molar-refractivity contribution in [2.45, 2.75) is 6.04 Å². The third-order valence-electron chi connectivity index (χ3n) is 4.99. The van der Waals surface area contributed by atoms with Crippen LogP contribution in [0, 0.1) is 5.82 Å². The van der Waals surface area contributed by atoms with Crippen molar-refractivity contribution in [3.63, 3.8) is 0 Å². The number of methoxy groups -OCH3 is 1. The summed E-state index contributed by atoms with van der Waals surface area (Å²) in [6, 6.07) is 12.6. The molecule has 6 nitrogen and oxygen atoms in total. The molecule has 1 unspecified atom stereocenters. The molecule has 1 N–H and O–H groups in total. The Labute approximate surface area is 182 Å². The van der Waals surface area contributed by atoms with Gasteiger partial charge in [0, 0.05) is 18.1 Å². The summed E-state index contributed by atoms with van der Waals surface area (Å²) in [7, 11) is 1.43. The molecular formula is C23H16ClFN2O4. The van der Waals surface area contributed by atoms with E-state index in [1.807, 2.05) is 0 Å². The minimum atomic E-state index is -1.000. The number of halogens is 2. The Balaban J connectivity index is 1.97. The maximum atomic E-state index is 13.7. The first kappa shape index (κ1) is 20.6. The second-order valence-electron chi connectivity index (χ2n) is 6.75. The fraction of sp³-hybridized carbons (Fsp3) is 0.0870. The van der Waals surface area contributed by atoms with Crippen LogP contribution in [0.4, 0.5) is 10.1 Å². The van der Waals surface area contributed by atoms with Gasteiger partial charge < -0.3 is 9.84 Å². The first-order valence-electron chi connectivity index (χ1n) is 9.23. The van der Waals surface area contributed by atoms with Crippen LogP contribution in [-0.4, -0.2) is 28.9 Å². The standard InChI is InChI=1S/C23H16ClFN2O4/c1-31-18-7-3-2-6-15(18)21(28)19-20(13-5-4-10-26-12-13)27(23(30)22(19)29)14-8-9-17(25)16(24)11-14/h2-12,20,28H,1H3/b21-19+. The van der Waals surface area contributed by atoms with E-state index in [1.165, 1.54) is 30.3 Å². The molecule has 2 heterocycles. The molecule has 1 aromatic heterocycles. The summed E-state index contributed by atoms with van der Waals surface area (Å²) in [5.41, 5.74) is 0.817. The lowest BCUT2D eigenvalue weighted by molar-refractivity contribution is -0.132. The number of carbonyl (C=O) groups excluding carboxylic acids is 2. The lowest BCUT2D eigenvalue weighted by Gasteiger charge is -2.25. The van der Waals surface area contributed by atoms with E-state index in [2.05, 4.69) is 4.98 Å². The molecule has 0 spiro atoms. The van der Waals surface area contributed by atoms with Gasteiger partial charge in [0.1, 0.15) is 17.3 Å². The predicted molar refractivity (Wildman–Crippen MR) is 113 cm³/mol. The Morgan fingerprint density at radius 2 is 1.94 bits per heavy atom. The van der Waals surface area contributed by atoms with Gasteiger partial charge in [-0.05, 0) is 42.0 Å². The molecule has 1 atom stereocenters. The van der Waals surface area contributed by atoms with Gasteiger partial charge in [-0.2, -0.15) is 0 Å². The van der Waals surface area contributed by atoms with E-state index in [0.717, 1.165) is 6.07 Å². The number of para-hydroxylation sites is 1. The van der Waals surface area contributed by atoms with E-state index in [9.17, 15) is 19.1 Å². The molecule has 4 rings (SSSR count). The SMILES string of the molecule is COc1ccccc1/C(O)=C1\C(=O)C(=O)N(c2ccc(F)c(Cl)c2)C1c1cccnc1. The minimum absolute atomic E-state index is 0.136. The first-order chi connectivity index (χ1) is 14.9. The van der Waals surface area contributed by atoms with Gasteiger partial charge in [-0.25, -0.2) is 4.39 Å². The summed E-state index contributed by atoms with van der Waals surface area (Å²) in [4.78, 5) is 31.3. The number of aromatic nitrogens is 1. The van der Waals surface area contributed by atoms with Crippen LogP contribution in [0.1, 0.15) is 17.2 Å². The molecule has 1 fully saturated rings. The van der Waals surface area contributed by atoms with Gasteiger partial charge in [0.15, 0.2) is 0 Å². The Morgan fingerprint density at radius 3 is 2.61 bits per heavy atom. The average Bonchev–Trinajstić information content (AvgIpc) is 3.06. The van der Waals surface area contributed by atoms with Crippen molar-refractivity contribution in [2.75, 3.05) is 12.0 Å². The van der Waals surface area contributed by atoms with E-state index < -0.39 is 23.5 Å². The minimum Gasteiger partial charge on any atom is -0.507 e. The maximum absolute atomic E-state index is 13.7. The molecular weight excluding hydrogens is 423 g/mol. The third-order valence-corrected chi connectivity index (χ3v) is 5.28. The highest BCUT2D eigenvalue weighted by molar-refractivity contribution is 6.51. The molecule has 8 heteroatoms. The molecule has 31 heavy (non-hydrogen) atoms. The number of aliphatic hydroxyl groups excluding tert-OH is 1. The number of pyridine rings is 1. The van der Waals surface area contributed by atoms with Crippen LogP contribution in [0.3, 0.4) is 0 Å². The van der Waals surface area contributed by atoms with E-state index in [-0.39, 0.29) is 27.6 Å². The number of amides is 1. The summed E-state index contributed by atoms with van der Waals surface area (Å²) in [6.45, 7) is 0. The molecule has 1 amide bonds. The number of benzene rings is 2. The molecule has 1 aliphatic rings. The molecule has 3 aromatic rings. The van der Waals surface area contributed by atoms with Crippen LogP contribution in [-0.2, 0) is 9.59 Å². The lowest BCUT2D eigenvalue weighted by atomic mass is 9.96. The van der Waals surface area contributed by atoms with Crippen molar-refractivity contribution in [1.82, 2.24) is 4.98 Å². The van der Waals surface area contributed by atoms with Gasteiger partial charge in [0.25, 0.3) is 11.7 Å². The number of ketones is 1. The first-order valence-corrected chi connectivity index (χ1v) is 9.61. The number of aliphatic hydroxyl groups is 1. The van der Waals surface area contributed by atoms with Crippen LogP contribution in [0.2, 0.25) is 5.02 Å². The third kappa shape index (κ3) is 3.53. The number of hydrogen-bond donors (Lipinski definition) is 1. The van der Waals surface area contributed by atoms with Gasteiger partial charge in [0.2, 0.25) is 0 Å². The number of rotatable bonds is 4. The Hall–Kier alpha value is -3.71. The van der Waals surface area contributed by atoms with Gasteiger partial charge in [-0.1, -0.05) is 29.8 Å². The van der Waals surface area contributed by atoms with E-state index in [4.69, 9.17) is 16.3 Å². The fourth-order valence-electron chi connectivity index (χ4n) is 3.57. The zero-order valence-corrected chi connectivity index (χ0v) is 17.0. The van der Waals surface area contributed by atoms with Gasteiger partial charge in [0.05, 0.1) is 29.3 Å². The largest absolute Gasteiger partial charge is 0.507 e. The van der Waals surface area contributed by atoms with Crippen LogP contribution in [0.25, 0.3) is 5.76 Å². The molecule has 156 valence electrons. The number of Topliss-reactive ketones (excluding diaryl/α,β-unsaturated/α-hetero) is 1. The van der Waals surface area contributed by atoms with Crippen molar-refractivity contribution in [1.29, 1.82) is 0 Å². The maximum Gasteiger partial charge on any atom is 0.300 e. The van der Waals surface area contributed by atoms with Crippen molar-refractivity contribution in [3.8, 4) is 5.75 Å². The normalized spacial score (nSPS) is 17.8. The summed E-state index contributed by atoms with van der Waals surface area (Å²) >= 11 is 5.92. The van der Waals surface area contributed by atoms with Crippen molar-refractivity contribution in [3.05, 3.63) is 94.5 Å². The number of ether oxygens (including phenoxy) is 1. The number of hydrogen-bond acceptors (Lipinski definition) is 5. The van der Waals surface area contributed by atoms with E-state index in [1.54, 1.807) is 42.6 Å². The number of carbonyl (C=O) groups is 2. The number of nitrogens with zero attached hydrogens (tertiary/aromatic N) is 2. The summed E-state index contributed by atoms with van der Waals surface area (Å²) < 4.78 is 19.0. The van der Waals surface area contributed by atoms with E-state index >= 15 is 0 Å². The van der Waals surface area contributed by atoms with E-state index in [0.29, 0.717) is 11.3 Å². The van der Waals surface area contributed by atoms with Crippen molar-refractivity contribution < 1.29 is 23.8 Å². The molecule has 1 saturated heterocycles. The monoisotopic (exact) mass is 438 g/mol. The Morgan fingerprint density at radius 1 is 1.16 bits per heavy atom. The lowest BCUT2D eigenvalue weighted by Crippen LogP contribution is -2.29. The highest BCUT2D eigenvalue weighted by atomic mass is 35.5. The molecule has 0 bridgehead atoms. The van der Waals surface area contributed by atoms with Gasteiger partial charge >= 0.3 is 0 Å². The fourth-order valence-corrected chi connectivity index (χ4v) is 3.75. The Bertz CT molecular complexity index is 1210. The highest BCUT2D eigenvalue weighted by Crippen LogP contribution is 2.43. The summed E-state index contributed by atoms with van der Waals surface area (Å²) in [5, 5.41) is 10.9. The second kappa shape index (κ2) is 8.20. The van der Waals surface area contributed by atoms with Gasteiger partial charge in [-0.3, -0.25) is 19.5 Å². The summed E-state index contributed by atoms with van der Waals surface area (Å²) in [6.07, 6.45) is 3.04. The molecule has 1 aliphatic heterocycles. The second-order valence-corrected chi connectivity index (χ2v) is 7.16. The smallest absolute Gasteiger partial charge is 0.300 e. The highest BCUT2D eigenvalue weighted by Gasteiger charge is 2.47. The Kier molecular flexibility index (Phi) is 5.44.